The summed E-state index contributed by atoms with van der Waals surface area (Å²) in [5.41, 5.74) is 6.99. The lowest BCUT2D eigenvalue weighted by Gasteiger charge is -2.29. The normalized spacial score (nSPS) is 17.6. The first kappa shape index (κ1) is 15.0. The summed E-state index contributed by atoms with van der Waals surface area (Å²) in [7, 11) is 2.20. The Labute approximate surface area is 122 Å². The third kappa shape index (κ3) is 3.82. The molecule has 1 aliphatic heterocycles. The first-order valence-corrected chi connectivity index (χ1v) is 7.60. The van der Waals surface area contributed by atoms with E-state index >= 15 is 0 Å². The number of nitrogen functional groups attached to an aromatic ring is 1. The van der Waals surface area contributed by atoms with Crippen molar-refractivity contribution in [3.05, 3.63) is 11.9 Å². The Kier molecular flexibility index (Phi) is 5.17. The largest absolute Gasteiger partial charge is 0.383 e. The SMILES string of the molecule is CC(C)c1c(N)ncnc1NCCC1CCN(C)CC1. The molecule has 20 heavy (non-hydrogen) atoms. The van der Waals surface area contributed by atoms with Crippen LogP contribution in [0.1, 0.15) is 44.6 Å². The summed E-state index contributed by atoms with van der Waals surface area (Å²) in [5.74, 6) is 2.67. The van der Waals surface area contributed by atoms with Crippen molar-refractivity contribution >= 4 is 11.6 Å². The van der Waals surface area contributed by atoms with Gasteiger partial charge in [0.15, 0.2) is 0 Å². The van der Waals surface area contributed by atoms with E-state index in [9.17, 15) is 0 Å². The van der Waals surface area contributed by atoms with Gasteiger partial charge in [-0.2, -0.15) is 0 Å². The van der Waals surface area contributed by atoms with Gasteiger partial charge in [0, 0.05) is 12.1 Å². The number of likely N-dealkylation sites (tertiary alicyclic amines) is 1. The fourth-order valence-electron chi connectivity index (χ4n) is 2.86. The maximum absolute atomic E-state index is 5.96. The number of aromatic nitrogens is 2. The average Bonchev–Trinajstić information content (AvgIpc) is 2.40. The van der Waals surface area contributed by atoms with Crippen LogP contribution in [0.3, 0.4) is 0 Å². The van der Waals surface area contributed by atoms with E-state index in [1.807, 2.05) is 0 Å². The molecule has 0 aromatic carbocycles. The number of hydrogen-bond acceptors (Lipinski definition) is 5. The van der Waals surface area contributed by atoms with Gasteiger partial charge in [-0.05, 0) is 51.2 Å². The van der Waals surface area contributed by atoms with Crippen LogP contribution in [0.2, 0.25) is 0 Å². The summed E-state index contributed by atoms with van der Waals surface area (Å²) in [4.78, 5) is 10.8. The number of nitrogens with one attached hydrogen (secondary N) is 1. The second kappa shape index (κ2) is 6.88. The Morgan fingerprint density at radius 1 is 1.35 bits per heavy atom. The van der Waals surface area contributed by atoms with E-state index in [-0.39, 0.29) is 0 Å². The first-order chi connectivity index (χ1) is 9.58. The van der Waals surface area contributed by atoms with Gasteiger partial charge in [0.1, 0.15) is 18.0 Å². The van der Waals surface area contributed by atoms with Crippen molar-refractivity contribution < 1.29 is 0 Å². The zero-order valence-corrected chi connectivity index (χ0v) is 12.9. The van der Waals surface area contributed by atoms with Gasteiger partial charge in [0.05, 0.1) is 0 Å². The lowest BCUT2D eigenvalue weighted by Crippen LogP contribution is -2.31. The maximum Gasteiger partial charge on any atom is 0.134 e. The number of rotatable bonds is 5. The Balaban J connectivity index is 1.86. The Hall–Kier alpha value is -1.36. The third-order valence-electron chi connectivity index (χ3n) is 4.18. The lowest BCUT2D eigenvalue weighted by molar-refractivity contribution is 0.215. The molecule has 0 bridgehead atoms. The van der Waals surface area contributed by atoms with Gasteiger partial charge >= 0.3 is 0 Å². The fourth-order valence-corrected chi connectivity index (χ4v) is 2.86. The van der Waals surface area contributed by atoms with E-state index in [2.05, 4.69) is 41.1 Å². The van der Waals surface area contributed by atoms with E-state index in [0.717, 1.165) is 23.8 Å². The van der Waals surface area contributed by atoms with E-state index in [1.165, 1.54) is 32.4 Å². The zero-order chi connectivity index (χ0) is 14.5. The third-order valence-corrected chi connectivity index (χ3v) is 4.18. The standard InChI is InChI=1S/C15H27N5/c1-11(2)13-14(16)18-10-19-15(13)17-7-4-12-5-8-20(3)9-6-12/h10-12H,4-9H2,1-3H3,(H3,16,17,18,19). The van der Waals surface area contributed by atoms with E-state index < -0.39 is 0 Å². The number of piperidine rings is 1. The van der Waals surface area contributed by atoms with Crippen molar-refractivity contribution in [2.24, 2.45) is 5.92 Å². The summed E-state index contributed by atoms with van der Waals surface area (Å²) in [6.45, 7) is 7.66. The monoisotopic (exact) mass is 277 g/mol. The Bertz CT molecular complexity index is 424. The fraction of sp³-hybridized carbons (Fsp3) is 0.733. The second-order valence-electron chi connectivity index (χ2n) is 6.14. The van der Waals surface area contributed by atoms with Gasteiger partial charge in [-0.3, -0.25) is 0 Å². The van der Waals surface area contributed by atoms with Crippen molar-refractivity contribution in [3.8, 4) is 0 Å². The predicted molar refractivity (Wildman–Crippen MR) is 83.9 cm³/mol. The summed E-state index contributed by atoms with van der Waals surface area (Å²) < 4.78 is 0. The van der Waals surface area contributed by atoms with Gasteiger partial charge < -0.3 is 16.0 Å². The van der Waals surface area contributed by atoms with Crippen molar-refractivity contribution in [1.29, 1.82) is 0 Å². The number of hydrogen-bond donors (Lipinski definition) is 2. The van der Waals surface area contributed by atoms with Gasteiger partial charge in [0.25, 0.3) is 0 Å². The molecule has 0 radical (unpaired) electrons. The summed E-state index contributed by atoms with van der Waals surface area (Å²) in [6, 6.07) is 0. The minimum absolute atomic E-state index is 0.335. The van der Waals surface area contributed by atoms with Crippen LogP contribution in [0.25, 0.3) is 0 Å². The zero-order valence-electron chi connectivity index (χ0n) is 12.9. The molecular weight excluding hydrogens is 250 g/mol. The van der Waals surface area contributed by atoms with E-state index in [0.29, 0.717) is 11.7 Å². The van der Waals surface area contributed by atoms with Crippen LogP contribution in [0.4, 0.5) is 11.6 Å². The maximum atomic E-state index is 5.96. The highest BCUT2D eigenvalue weighted by Crippen LogP contribution is 2.26. The van der Waals surface area contributed by atoms with E-state index in [4.69, 9.17) is 5.73 Å². The van der Waals surface area contributed by atoms with Gasteiger partial charge in [-0.15, -0.1) is 0 Å². The van der Waals surface area contributed by atoms with Crippen LogP contribution < -0.4 is 11.1 Å². The minimum Gasteiger partial charge on any atom is -0.383 e. The van der Waals surface area contributed by atoms with Crippen LogP contribution >= 0.6 is 0 Å². The molecule has 2 rings (SSSR count). The van der Waals surface area contributed by atoms with Crippen molar-refractivity contribution in [1.82, 2.24) is 14.9 Å². The molecule has 1 aromatic rings. The second-order valence-corrected chi connectivity index (χ2v) is 6.14. The highest BCUT2D eigenvalue weighted by atomic mass is 15.1. The molecule has 1 saturated heterocycles. The van der Waals surface area contributed by atoms with Crippen LogP contribution in [-0.2, 0) is 0 Å². The lowest BCUT2D eigenvalue weighted by atomic mass is 9.94. The summed E-state index contributed by atoms with van der Waals surface area (Å²) >= 11 is 0. The first-order valence-electron chi connectivity index (χ1n) is 7.60. The predicted octanol–water partition coefficient (Wildman–Crippen LogP) is 2.33. The highest BCUT2D eigenvalue weighted by Gasteiger charge is 2.17. The quantitative estimate of drug-likeness (QED) is 0.864. The van der Waals surface area contributed by atoms with Crippen molar-refractivity contribution in [2.75, 3.05) is 37.7 Å². The smallest absolute Gasteiger partial charge is 0.134 e. The van der Waals surface area contributed by atoms with Crippen molar-refractivity contribution in [2.45, 2.75) is 39.0 Å². The molecule has 0 spiro atoms. The van der Waals surface area contributed by atoms with Crippen LogP contribution in [0.15, 0.2) is 6.33 Å². The molecule has 5 nitrogen and oxygen atoms in total. The van der Waals surface area contributed by atoms with E-state index in [1.54, 1.807) is 6.33 Å². The van der Waals surface area contributed by atoms with Gasteiger partial charge in [0.2, 0.25) is 0 Å². The Morgan fingerprint density at radius 3 is 2.70 bits per heavy atom. The molecule has 0 atom stereocenters. The molecule has 0 unspecified atom stereocenters. The molecule has 112 valence electrons. The topological polar surface area (TPSA) is 67.1 Å². The average molecular weight is 277 g/mol. The molecule has 0 saturated carbocycles. The van der Waals surface area contributed by atoms with Crippen molar-refractivity contribution in [3.63, 3.8) is 0 Å². The molecule has 2 heterocycles. The summed E-state index contributed by atoms with van der Waals surface area (Å²) in [6.07, 6.45) is 5.36. The molecule has 5 heteroatoms. The molecule has 0 aliphatic carbocycles. The molecule has 1 aliphatic rings. The molecular formula is C15H27N5. The molecule has 0 amide bonds. The van der Waals surface area contributed by atoms with Gasteiger partial charge in [-0.1, -0.05) is 13.8 Å². The molecule has 3 N–H and O–H groups in total. The molecule has 1 aromatic heterocycles. The van der Waals surface area contributed by atoms with Crippen LogP contribution in [-0.4, -0.2) is 41.5 Å². The van der Waals surface area contributed by atoms with Gasteiger partial charge in [-0.25, -0.2) is 9.97 Å². The number of anilines is 2. The van der Waals surface area contributed by atoms with Crippen LogP contribution in [0.5, 0.6) is 0 Å². The van der Waals surface area contributed by atoms with Crippen LogP contribution in [0, 0.1) is 5.92 Å². The molecule has 1 fully saturated rings. The number of nitrogens with two attached hydrogens (primary N) is 1. The summed E-state index contributed by atoms with van der Waals surface area (Å²) in [5, 5.41) is 3.45. The highest BCUT2D eigenvalue weighted by molar-refractivity contribution is 5.56. The minimum atomic E-state index is 0.335. The Morgan fingerprint density at radius 2 is 2.05 bits per heavy atom. The number of nitrogens with zero attached hydrogens (tertiary/aromatic N) is 3.